The highest BCUT2D eigenvalue weighted by molar-refractivity contribution is 7.90. The SMILES string of the molecule is NS(=O)(=O)c1cc2c(cc1Cl)NC(C(F)(F)F)NS2(=O)=O. The number of hydrogen-bond donors (Lipinski definition) is 3. The molecule has 2 rings (SSSR count). The van der Waals surface area contributed by atoms with Gasteiger partial charge in [-0.25, -0.2) is 22.0 Å². The molecule has 21 heavy (non-hydrogen) atoms. The summed E-state index contributed by atoms with van der Waals surface area (Å²) in [5.74, 6) is 0. The van der Waals surface area contributed by atoms with E-state index in [4.69, 9.17) is 16.7 Å². The number of halogens is 4. The summed E-state index contributed by atoms with van der Waals surface area (Å²) < 4.78 is 85.3. The van der Waals surface area contributed by atoms with E-state index in [0.717, 1.165) is 6.07 Å². The zero-order valence-corrected chi connectivity index (χ0v) is 12.2. The van der Waals surface area contributed by atoms with Crippen LogP contribution in [0.2, 0.25) is 5.02 Å². The van der Waals surface area contributed by atoms with Gasteiger partial charge < -0.3 is 5.32 Å². The van der Waals surface area contributed by atoms with Crippen LogP contribution in [0.1, 0.15) is 0 Å². The first-order valence-corrected chi connectivity index (χ1v) is 8.45. The van der Waals surface area contributed by atoms with E-state index in [1.54, 1.807) is 0 Å². The normalized spacial score (nSPS) is 21.5. The average molecular weight is 366 g/mol. The van der Waals surface area contributed by atoms with Crippen molar-refractivity contribution in [3.05, 3.63) is 17.2 Å². The van der Waals surface area contributed by atoms with Crippen LogP contribution in [0.5, 0.6) is 0 Å². The van der Waals surface area contributed by atoms with Crippen molar-refractivity contribution >= 4 is 37.3 Å². The Morgan fingerprint density at radius 1 is 1.29 bits per heavy atom. The van der Waals surface area contributed by atoms with E-state index in [1.807, 2.05) is 5.32 Å². The second-order valence-corrected chi connectivity index (χ2v) is 7.68. The lowest BCUT2D eigenvalue weighted by Gasteiger charge is -2.29. The van der Waals surface area contributed by atoms with Gasteiger partial charge in [-0.1, -0.05) is 11.6 Å². The van der Waals surface area contributed by atoms with E-state index in [0.29, 0.717) is 6.07 Å². The Morgan fingerprint density at radius 3 is 2.33 bits per heavy atom. The molecule has 0 spiro atoms. The number of anilines is 1. The van der Waals surface area contributed by atoms with Crippen LogP contribution < -0.4 is 15.2 Å². The molecule has 1 heterocycles. The molecule has 0 fully saturated rings. The first-order valence-electron chi connectivity index (χ1n) is 5.04. The Labute approximate surface area is 122 Å². The first kappa shape index (κ1) is 16.3. The topological polar surface area (TPSA) is 118 Å². The van der Waals surface area contributed by atoms with Crippen molar-refractivity contribution in [3.63, 3.8) is 0 Å². The van der Waals surface area contributed by atoms with E-state index in [2.05, 4.69) is 0 Å². The predicted molar refractivity (Wildman–Crippen MR) is 66.6 cm³/mol. The molecule has 7 nitrogen and oxygen atoms in total. The van der Waals surface area contributed by atoms with Gasteiger partial charge in [0.15, 0.2) is 6.17 Å². The Kier molecular flexibility index (Phi) is 3.65. The van der Waals surface area contributed by atoms with Gasteiger partial charge in [-0.15, -0.1) is 0 Å². The highest BCUT2D eigenvalue weighted by Crippen LogP contribution is 2.36. The molecule has 1 aromatic carbocycles. The minimum atomic E-state index is -4.89. The lowest BCUT2D eigenvalue weighted by molar-refractivity contribution is -0.145. The third-order valence-corrected chi connectivity index (χ3v) is 5.37. The highest BCUT2D eigenvalue weighted by atomic mass is 35.5. The van der Waals surface area contributed by atoms with E-state index in [1.165, 1.54) is 4.72 Å². The quantitative estimate of drug-likeness (QED) is 0.672. The summed E-state index contributed by atoms with van der Waals surface area (Å²) in [7, 11) is -8.92. The Morgan fingerprint density at radius 2 is 1.86 bits per heavy atom. The molecule has 1 unspecified atom stereocenters. The summed E-state index contributed by atoms with van der Waals surface area (Å²) in [6.07, 6.45) is -7.44. The molecule has 0 amide bonds. The summed E-state index contributed by atoms with van der Waals surface area (Å²) in [5, 5.41) is 6.23. The van der Waals surface area contributed by atoms with Crippen LogP contribution in [0.4, 0.5) is 18.9 Å². The fraction of sp³-hybridized carbons (Fsp3) is 0.250. The Hall–Kier alpha value is -1.08. The third-order valence-electron chi connectivity index (χ3n) is 2.53. The fourth-order valence-corrected chi connectivity index (χ4v) is 4.12. The average Bonchev–Trinajstić information content (AvgIpc) is 2.23. The van der Waals surface area contributed by atoms with Crippen LogP contribution >= 0.6 is 11.6 Å². The Bertz CT molecular complexity index is 807. The number of sulfonamides is 2. The summed E-state index contributed by atoms with van der Waals surface area (Å²) in [6, 6.07) is 1.35. The number of hydrogen-bond acceptors (Lipinski definition) is 5. The van der Waals surface area contributed by atoms with Gasteiger partial charge in [-0.3, -0.25) is 0 Å². The van der Waals surface area contributed by atoms with Gasteiger partial charge >= 0.3 is 6.18 Å². The maximum absolute atomic E-state index is 12.6. The number of nitrogens with two attached hydrogens (primary N) is 1. The number of primary sulfonamides is 1. The molecule has 118 valence electrons. The van der Waals surface area contributed by atoms with Crippen molar-refractivity contribution < 1.29 is 30.0 Å². The van der Waals surface area contributed by atoms with Crippen molar-refractivity contribution in [2.45, 2.75) is 22.1 Å². The van der Waals surface area contributed by atoms with Crippen LogP contribution in [0.25, 0.3) is 0 Å². The number of nitrogens with one attached hydrogen (secondary N) is 2. The molecule has 1 aliphatic rings. The zero-order chi connectivity index (χ0) is 16.2. The van der Waals surface area contributed by atoms with Crippen molar-refractivity contribution in [1.29, 1.82) is 0 Å². The summed E-state index contributed by atoms with van der Waals surface area (Å²) in [5.41, 5.74) is -0.478. The minimum absolute atomic E-state index is 0.478. The van der Waals surface area contributed by atoms with E-state index < -0.39 is 52.9 Å². The largest absolute Gasteiger partial charge is 0.423 e. The molecule has 0 aromatic heterocycles. The molecule has 0 bridgehead atoms. The molecule has 0 saturated heterocycles. The van der Waals surface area contributed by atoms with Crippen molar-refractivity contribution in [1.82, 2.24) is 4.72 Å². The second kappa shape index (κ2) is 4.71. The number of alkyl halides is 3. The van der Waals surface area contributed by atoms with E-state index in [9.17, 15) is 30.0 Å². The summed E-state index contributed by atoms with van der Waals surface area (Å²) in [6.45, 7) is 0. The maximum atomic E-state index is 12.6. The Balaban J connectivity index is 2.67. The third kappa shape index (κ3) is 3.08. The smallest absolute Gasteiger partial charge is 0.360 e. The van der Waals surface area contributed by atoms with Gasteiger partial charge in [0.25, 0.3) is 0 Å². The monoisotopic (exact) mass is 365 g/mol. The van der Waals surface area contributed by atoms with Gasteiger partial charge in [0.2, 0.25) is 20.0 Å². The maximum Gasteiger partial charge on any atom is 0.423 e. The van der Waals surface area contributed by atoms with Crippen LogP contribution in [-0.4, -0.2) is 29.2 Å². The van der Waals surface area contributed by atoms with Crippen LogP contribution in [0, 0.1) is 0 Å². The lowest BCUT2D eigenvalue weighted by Crippen LogP contribution is -2.53. The van der Waals surface area contributed by atoms with E-state index in [-0.39, 0.29) is 0 Å². The molecule has 1 atom stereocenters. The molecule has 13 heteroatoms. The van der Waals surface area contributed by atoms with Gasteiger partial charge in [0.05, 0.1) is 10.7 Å². The number of fused-ring (bicyclic) bond motifs is 1. The minimum Gasteiger partial charge on any atom is -0.360 e. The number of rotatable bonds is 1. The molecule has 0 saturated carbocycles. The molecule has 1 aliphatic heterocycles. The van der Waals surface area contributed by atoms with Crippen molar-refractivity contribution in [2.75, 3.05) is 5.32 Å². The van der Waals surface area contributed by atoms with Crippen LogP contribution in [-0.2, 0) is 20.0 Å². The van der Waals surface area contributed by atoms with Crippen molar-refractivity contribution in [3.8, 4) is 0 Å². The second-order valence-electron chi connectivity index (χ2n) is 4.06. The molecular formula is C8H7ClF3N3O4S2. The summed E-state index contributed by atoms with van der Waals surface area (Å²) in [4.78, 5) is -1.41. The molecule has 0 aliphatic carbocycles. The fourth-order valence-electron chi connectivity index (χ4n) is 1.64. The van der Waals surface area contributed by atoms with E-state index >= 15 is 0 Å². The predicted octanol–water partition coefficient (Wildman–Crippen LogP) is 0.580. The van der Waals surface area contributed by atoms with Crippen LogP contribution in [0.15, 0.2) is 21.9 Å². The van der Waals surface area contributed by atoms with Crippen molar-refractivity contribution in [2.24, 2.45) is 5.14 Å². The molecular weight excluding hydrogens is 359 g/mol. The summed E-state index contributed by atoms with van der Waals surface area (Å²) >= 11 is 5.61. The molecule has 0 radical (unpaired) electrons. The number of benzene rings is 1. The van der Waals surface area contributed by atoms with Gasteiger partial charge in [0.1, 0.15) is 9.79 Å². The zero-order valence-electron chi connectivity index (χ0n) is 9.77. The molecule has 1 aromatic rings. The molecule has 4 N–H and O–H groups in total. The lowest BCUT2D eigenvalue weighted by atomic mass is 10.3. The standard InChI is InChI=1S/C8H7ClF3N3O4S2/c9-3-1-4-6(2-5(3)20(13,16)17)21(18,19)15-7(14-4)8(10,11)12/h1-2,7,14-15H,(H2,13,16,17). The highest BCUT2D eigenvalue weighted by Gasteiger charge is 2.46. The van der Waals surface area contributed by atoms with Gasteiger partial charge in [-0.2, -0.15) is 17.9 Å². The van der Waals surface area contributed by atoms with Crippen LogP contribution in [0.3, 0.4) is 0 Å². The first-order chi connectivity index (χ1) is 9.32. The van der Waals surface area contributed by atoms with Gasteiger partial charge in [-0.05, 0) is 12.1 Å². The van der Waals surface area contributed by atoms with Gasteiger partial charge in [0, 0.05) is 0 Å².